The number of likely N-dealkylation sites (tertiary alicyclic amines) is 1. The Morgan fingerprint density at radius 1 is 1.31 bits per heavy atom. The number of nitrogens with one attached hydrogen (secondary N) is 1. The second-order valence-electron chi connectivity index (χ2n) is 5.44. The lowest BCUT2D eigenvalue weighted by atomic mass is 10.1. The topological polar surface area (TPSA) is 33.7 Å². The van der Waals surface area contributed by atoms with Crippen LogP contribution in [0.15, 0.2) is 0 Å². The van der Waals surface area contributed by atoms with Crippen molar-refractivity contribution < 1.29 is 9.47 Å². The zero-order valence-corrected chi connectivity index (χ0v) is 10.7. The van der Waals surface area contributed by atoms with E-state index < -0.39 is 0 Å². The van der Waals surface area contributed by atoms with E-state index in [2.05, 4.69) is 17.3 Å². The van der Waals surface area contributed by atoms with Crippen molar-refractivity contribution in [2.75, 3.05) is 33.3 Å². The van der Waals surface area contributed by atoms with Gasteiger partial charge in [-0.05, 0) is 46.8 Å². The summed E-state index contributed by atoms with van der Waals surface area (Å²) in [6.45, 7) is 7.98. The van der Waals surface area contributed by atoms with Crippen molar-refractivity contribution >= 4 is 0 Å². The average molecular weight is 228 g/mol. The second-order valence-corrected chi connectivity index (χ2v) is 5.44. The Bertz CT molecular complexity index is 225. The van der Waals surface area contributed by atoms with Gasteiger partial charge in [-0.25, -0.2) is 0 Å². The molecular weight excluding hydrogens is 204 g/mol. The third-order valence-corrected chi connectivity index (χ3v) is 3.42. The summed E-state index contributed by atoms with van der Waals surface area (Å²) in [5.41, 5.74) is 0. The van der Waals surface area contributed by atoms with E-state index in [9.17, 15) is 0 Å². The Labute approximate surface area is 98.3 Å². The summed E-state index contributed by atoms with van der Waals surface area (Å²) in [5.74, 6) is -0.390. The molecule has 1 N–H and O–H groups in total. The van der Waals surface area contributed by atoms with E-state index >= 15 is 0 Å². The van der Waals surface area contributed by atoms with Gasteiger partial charge in [-0.1, -0.05) is 0 Å². The van der Waals surface area contributed by atoms with E-state index in [1.807, 2.05) is 13.8 Å². The van der Waals surface area contributed by atoms with Gasteiger partial charge in [0.15, 0.2) is 5.79 Å². The van der Waals surface area contributed by atoms with Gasteiger partial charge in [-0.15, -0.1) is 0 Å². The van der Waals surface area contributed by atoms with Crippen LogP contribution in [-0.2, 0) is 9.47 Å². The molecule has 4 nitrogen and oxygen atoms in total. The molecule has 2 aliphatic rings. The maximum atomic E-state index is 5.77. The van der Waals surface area contributed by atoms with Crippen LogP contribution in [0.4, 0.5) is 0 Å². The van der Waals surface area contributed by atoms with Gasteiger partial charge >= 0.3 is 0 Å². The highest BCUT2D eigenvalue weighted by molar-refractivity contribution is 4.79. The highest BCUT2D eigenvalue weighted by Crippen LogP contribution is 2.22. The van der Waals surface area contributed by atoms with Crippen LogP contribution < -0.4 is 5.32 Å². The average Bonchev–Trinajstić information content (AvgIpc) is 2.58. The molecule has 2 fully saturated rings. The molecular formula is C12H24N2O2. The minimum absolute atomic E-state index is 0.217. The van der Waals surface area contributed by atoms with Crippen molar-refractivity contribution in [3.63, 3.8) is 0 Å². The molecule has 0 spiro atoms. The molecule has 1 atom stereocenters. The van der Waals surface area contributed by atoms with Gasteiger partial charge in [0.05, 0.1) is 12.7 Å². The smallest absolute Gasteiger partial charge is 0.163 e. The molecule has 94 valence electrons. The summed E-state index contributed by atoms with van der Waals surface area (Å²) in [6, 6.07) is 0.656. The first-order valence-corrected chi connectivity index (χ1v) is 6.29. The minimum Gasteiger partial charge on any atom is -0.348 e. The molecule has 0 aromatic carbocycles. The molecule has 0 aromatic heterocycles. The van der Waals surface area contributed by atoms with Gasteiger partial charge in [0.25, 0.3) is 0 Å². The minimum atomic E-state index is -0.390. The van der Waals surface area contributed by atoms with Gasteiger partial charge in [0, 0.05) is 12.6 Å². The third-order valence-electron chi connectivity index (χ3n) is 3.42. The molecule has 0 saturated carbocycles. The molecule has 0 radical (unpaired) electrons. The van der Waals surface area contributed by atoms with Crippen LogP contribution in [0.2, 0.25) is 0 Å². The Morgan fingerprint density at radius 2 is 2.00 bits per heavy atom. The maximum Gasteiger partial charge on any atom is 0.163 e. The number of rotatable bonds is 3. The zero-order chi connectivity index (χ0) is 11.6. The van der Waals surface area contributed by atoms with Crippen molar-refractivity contribution in [2.45, 2.75) is 44.6 Å². The highest BCUT2D eigenvalue weighted by atomic mass is 16.7. The van der Waals surface area contributed by atoms with E-state index in [-0.39, 0.29) is 11.9 Å². The summed E-state index contributed by atoms with van der Waals surface area (Å²) < 4.78 is 11.3. The summed E-state index contributed by atoms with van der Waals surface area (Å²) >= 11 is 0. The van der Waals surface area contributed by atoms with Gasteiger partial charge in [0.1, 0.15) is 0 Å². The third kappa shape index (κ3) is 3.42. The van der Waals surface area contributed by atoms with E-state index in [1.54, 1.807) is 0 Å². The van der Waals surface area contributed by atoms with Crippen LogP contribution in [0, 0.1) is 0 Å². The molecule has 16 heavy (non-hydrogen) atoms. The standard InChI is InChI=1S/C12H24N2O2/c1-12(2)15-9-11(16-12)8-13-10-4-6-14(3)7-5-10/h10-11,13H,4-9H2,1-3H3. The van der Waals surface area contributed by atoms with Crippen LogP contribution in [0.3, 0.4) is 0 Å². The van der Waals surface area contributed by atoms with E-state index in [0.717, 1.165) is 6.54 Å². The van der Waals surface area contributed by atoms with Crippen LogP contribution in [0.25, 0.3) is 0 Å². The number of hydrogen-bond acceptors (Lipinski definition) is 4. The van der Waals surface area contributed by atoms with Gasteiger partial charge < -0.3 is 19.7 Å². The quantitative estimate of drug-likeness (QED) is 0.775. The summed E-state index contributed by atoms with van der Waals surface area (Å²) in [6.07, 6.45) is 2.70. The number of piperidine rings is 1. The van der Waals surface area contributed by atoms with Crippen molar-refractivity contribution in [1.82, 2.24) is 10.2 Å². The van der Waals surface area contributed by atoms with Gasteiger partial charge in [0.2, 0.25) is 0 Å². The van der Waals surface area contributed by atoms with Crippen LogP contribution in [0.5, 0.6) is 0 Å². The number of ether oxygens (including phenoxy) is 2. The predicted octanol–water partition coefficient (Wildman–Crippen LogP) is 0.822. The van der Waals surface area contributed by atoms with Gasteiger partial charge in [-0.3, -0.25) is 0 Å². The van der Waals surface area contributed by atoms with Crippen LogP contribution in [0.1, 0.15) is 26.7 Å². The summed E-state index contributed by atoms with van der Waals surface area (Å²) in [5, 5.41) is 3.59. The van der Waals surface area contributed by atoms with E-state index in [1.165, 1.54) is 25.9 Å². The normalized spacial score (nSPS) is 32.1. The van der Waals surface area contributed by atoms with E-state index in [4.69, 9.17) is 9.47 Å². The fourth-order valence-corrected chi connectivity index (χ4v) is 2.37. The molecule has 2 aliphatic heterocycles. The Balaban J connectivity index is 1.65. The fraction of sp³-hybridized carbons (Fsp3) is 1.00. The van der Waals surface area contributed by atoms with Crippen molar-refractivity contribution in [2.24, 2.45) is 0 Å². The lowest BCUT2D eigenvalue weighted by Crippen LogP contribution is -2.44. The van der Waals surface area contributed by atoms with Crippen LogP contribution in [-0.4, -0.2) is 56.1 Å². The van der Waals surface area contributed by atoms with Crippen molar-refractivity contribution in [3.8, 4) is 0 Å². The molecule has 2 heterocycles. The lowest BCUT2D eigenvalue weighted by molar-refractivity contribution is -0.138. The molecule has 1 unspecified atom stereocenters. The second kappa shape index (κ2) is 5.00. The number of hydrogen-bond donors (Lipinski definition) is 1. The SMILES string of the molecule is CN1CCC(NCC2COC(C)(C)O2)CC1. The zero-order valence-electron chi connectivity index (χ0n) is 10.7. The molecule has 0 bridgehead atoms. The molecule has 0 amide bonds. The number of nitrogens with zero attached hydrogens (tertiary/aromatic N) is 1. The lowest BCUT2D eigenvalue weighted by Gasteiger charge is -2.30. The Kier molecular flexibility index (Phi) is 3.85. The van der Waals surface area contributed by atoms with Gasteiger partial charge in [-0.2, -0.15) is 0 Å². The molecule has 2 saturated heterocycles. The Morgan fingerprint density at radius 3 is 2.56 bits per heavy atom. The maximum absolute atomic E-state index is 5.77. The van der Waals surface area contributed by atoms with Crippen molar-refractivity contribution in [3.05, 3.63) is 0 Å². The largest absolute Gasteiger partial charge is 0.348 e. The first-order valence-electron chi connectivity index (χ1n) is 6.29. The summed E-state index contributed by atoms with van der Waals surface area (Å²) in [7, 11) is 2.19. The van der Waals surface area contributed by atoms with Crippen molar-refractivity contribution in [1.29, 1.82) is 0 Å². The predicted molar refractivity (Wildman–Crippen MR) is 63.4 cm³/mol. The molecule has 4 heteroatoms. The Hall–Kier alpha value is -0.160. The first-order chi connectivity index (χ1) is 7.55. The van der Waals surface area contributed by atoms with Crippen LogP contribution >= 0.6 is 0 Å². The molecule has 2 rings (SSSR count). The first kappa shape index (κ1) is 12.3. The summed E-state index contributed by atoms with van der Waals surface area (Å²) in [4.78, 5) is 2.39. The molecule has 0 aromatic rings. The molecule has 0 aliphatic carbocycles. The fourth-order valence-electron chi connectivity index (χ4n) is 2.37. The monoisotopic (exact) mass is 228 g/mol. The highest BCUT2D eigenvalue weighted by Gasteiger charge is 2.32. The van der Waals surface area contributed by atoms with E-state index in [0.29, 0.717) is 12.6 Å².